The van der Waals surface area contributed by atoms with Gasteiger partial charge in [-0.25, -0.2) is 18.0 Å². The van der Waals surface area contributed by atoms with Crippen molar-refractivity contribution in [3.8, 4) is 5.75 Å². The standard InChI is InChI=1S/C27H31ClF2N3O7PS/c1-2-33(12-13-39-41(34,35)36)11-10-27(29,30)40-23-9-8-21(24-22-15-18(28)16-31-26(22)32-25(23)24)17-4-3-5-20(14-17)42(37,38)19-6-7-19/h5,8-9,14-16,19H,2-4,6-7,10-13H2,1H3,(H,31,32)(H2,34,35,36). The molecule has 0 radical (unpaired) electrons. The van der Waals surface area contributed by atoms with E-state index in [1.165, 1.54) is 12.3 Å². The highest BCUT2D eigenvalue weighted by Crippen LogP contribution is 2.43. The number of alkyl halides is 2. The van der Waals surface area contributed by atoms with Crippen LogP contribution in [0.1, 0.15) is 44.6 Å². The summed E-state index contributed by atoms with van der Waals surface area (Å²) in [5.74, 6) is -0.112. The van der Waals surface area contributed by atoms with Gasteiger partial charge in [0.25, 0.3) is 0 Å². The van der Waals surface area contributed by atoms with Crippen molar-refractivity contribution in [3.05, 3.63) is 52.0 Å². The molecule has 0 amide bonds. The molecule has 2 heterocycles. The summed E-state index contributed by atoms with van der Waals surface area (Å²) in [6.45, 7) is 1.71. The maximum absolute atomic E-state index is 15.1. The summed E-state index contributed by atoms with van der Waals surface area (Å²) in [5, 5.41) is 1.14. The summed E-state index contributed by atoms with van der Waals surface area (Å²) in [6, 6.07) is 4.76. The predicted octanol–water partition coefficient (Wildman–Crippen LogP) is 5.80. The van der Waals surface area contributed by atoms with Crippen LogP contribution in [0.3, 0.4) is 0 Å². The Hall–Kier alpha value is -2.38. The van der Waals surface area contributed by atoms with Gasteiger partial charge in [-0.15, -0.1) is 0 Å². The number of aromatic amines is 1. The summed E-state index contributed by atoms with van der Waals surface area (Å²) in [6.07, 6.45) is 2.95. The first-order valence-corrected chi connectivity index (χ1v) is 17.0. The van der Waals surface area contributed by atoms with E-state index in [1.54, 1.807) is 36.1 Å². The Morgan fingerprint density at radius 2 is 2.02 bits per heavy atom. The normalized spacial score (nSPS) is 16.7. The van der Waals surface area contributed by atoms with Crippen molar-refractivity contribution < 1.29 is 40.8 Å². The topological polar surface area (TPSA) is 142 Å². The van der Waals surface area contributed by atoms with Crippen molar-refractivity contribution in [1.82, 2.24) is 14.9 Å². The second-order valence-electron chi connectivity index (χ2n) is 10.3. The van der Waals surface area contributed by atoms with Crippen molar-refractivity contribution in [1.29, 1.82) is 0 Å². The monoisotopic (exact) mass is 645 g/mol. The number of phosphoric acid groups is 1. The van der Waals surface area contributed by atoms with Crippen LogP contribution < -0.4 is 4.74 Å². The third-order valence-corrected chi connectivity index (χ3v) is 10.4. The van der Waals surface area contributed by atoms with Crippen molar-refractivity contribution in [2.75, 3.05) is 26.2 Å². The van der Waals surface area contributed by atoms with E-state index in [1.807, 2.05) is 0 Å². The van der Waals surface area contributed by atoms with Crippen LogP contribution in [0, 0.1) is 0 Å². The lowest BCUT2D eigenvalue weighted by atomic mass is 9.93. The summed E-state index contributed by atoms with van der Waals surface area (Å²) < 4.78 is 76.7. The molecule has 0 bridgehead atoms. The molecule has 3 N–H and O–H groups in total. The van der Waals surface area contributed by atoms with E-state index >= 15 is 8.78 Å². The summed E-state index contributed by atoms with van der Waals surface area (Å²) in [7, 11) is -8.06. The van der Waals surface area contributed by atoms with Gasteiger partial charge in [0.2, 0.25) is 0 Å². The zero-order valence-electron chi connectivity index (χ0n) is 22.7. The molecular formula is C27H31ClF2N3O7PS. The Labute approximate surface area is 246 Å². The molecule has 15 heteroatoms. The number of hydrogen-bond acceptors (Lipinski definition) is 7. The summed E-state index contributed by atoms with van der Waals surface area (Å²) >= 11 is 6.24. The van der Waals surface area contributed by atoms with E-state index in [-0.39, 0.29) is 41.1 Å². The van der Waals surface area contributed by atoms with Crippen molar-refractivity contribution in [3.63, 3.8) is 0 Å². The molecule has 10 nitrogen and oxygen atoms in total. The van der Waals surface area contributed by atoms with E-state index in [2.05, 4.69) is 14.5 Å². The third-order valence-electron chi connectivity index (χ3n) is 7.34. The molecule has 0 unspecified atom stereocenters. The van der Waals surface area contributed by atoms with Gasteiger partial charge in [0, 0.05) is 30.1 Å². The molecule has 0 spiro atoms. The zero-order valence-corrected chi connectivity index (χ0v) is 25.2. The van der Waals surface area contributed by atoms with Crippen molar-refractivity contribution in [2.24, 2.45) is 0 Å². The highest BCUT2D eigenvalue weighted by molar-refractivity contribution is 7.96. The Bertz CT molecular complexity index is 1720. The predicted molar refractivity (Wildman–Crippen MR) is 156 cm³/mol. The lowest BCUT2D eigenvalue weighted by Gasteiger charge is -2.24. The van der Waals surface area contributed by atoms with E-state index in [0.717, 1.165) is 5.57 Å². The fourth-order valence-electron chi connectivity index (χ4n) is 5.06. The molecule has 5 rings (SSSR count). The van der Waals surface area contributed by atoms with Crippen LogP contribution in [0.25, 0.3) is 27.5 Å². The average molecular weight is 646 g/mol. The SMILES string of the molecule is CCN(CCOP(=O)(O)O)CCC(F)(F)Oc1ccc(C2=CC(S(=O)(=O)C3CC3)=CCC2)c2c1[nH]c1ncc(Cl)cc12. The van der Waals surface area contributed by atoms with Gasteiger partial charge in [-0.1, -0.05) is 30.7 Å². The highest BCUT2D eigenvalue weighted by Gasteiger charge is 2.38. The maximum Gasteiger partial charge on any atom is 0.469 e. The molecule has 1 fully saturated rings. The Kier molecular flexibility index (Phi) is 8.84. The lowest BCUT2D eigenvalue weighted by Crippen LogP contribution is -2.34. The zero-order chi connectivity index (χ0) is 30.3. The molecule has 0 atom stereocenters. The van der Waals surface area contributed by atoms with Gasteiger partial charge < -0.3 is 24.4 Å². The molecule has 2 aliphatic carbocycles. The Morgan fingerprint density at radius 1 is 1.26 bits per heavy atom. The first-order valence-electron chi connectivity index (χ1n) is 13.5. The van der Waals surface area contributed by atoms with Gasteiger partial charge in [-0.3, -0.25) is 4.52 Å². The number of hydrogen-bond donors (Lipinski definition) is 3. The number of allylic oxidation sites excluding steroid dienone is 3. The van der Waals surface area contributed by atoms with Gasteiger partial charge in [0.1, 0.15) is 5.65 Å². The minimum Gasteiger partial charge on any atom is -0.430 e. The maximum atomic E-state index is 15.1. The summed E-state index contributed by atoms with van der Waals surface area (Å²) in [4.78, 5) is 26.9. The number of pyridine rings is 1. The van der Waals surface area contributed by atoms with Crippen LogP contribution in [-0.4, -0.2) is 70.7 Å². The average Bonchev–Trinajstić information content (AvgIpc) is 3.72. The lowest BCUT2D eigenvalue weighted by molar-refractivity contribution is -0.182. The molecule has 2 aliphatic rings. The smallest absolute Gasteiger partial charge is 0.430 e. The Morgan fingerprint density at radius 3 is 2.71 bits per heavy atom. The number of phosphoric ester groups is 1. The minimum absolute atomic E-state index is 0.0487. The molecule has 0 saturated heterocycles. The first kappa shape index (κ1) is 31.1. The number of fused-ring (bicyclic) bond motifs is 3. The number of ether oxygens (including phenoxy) is 1. The number of rotatable bonds is 13. The first-order chi connectivity index (χ1) is 19.8. The van der Waals surface area contributed by atoms with Gasteiger partial charge in [0.05, 0.1) is 33.7 Å². The van der Waals surface area contributed by atoms with Crippen LogP contribution in [0.4, 0.5) is 8.78 Å². The fourth-order valence-corrected chi connectivity index (χ4v) is 7.33. The second-order valence-corrected chi connectivity index (χ2v) is 14.2. The van der Waals surface area contributed by atoms with Gasteiger partial charge in [-0.2, -0.15) is 8.78 Å². The highest BCUT2D eigenvalue weighted by atomic mass is 35.5. The van der Waals surface area contributed by atoms with Crippen LogP contribution in [0.5, 0.6) is 5.75 Å². The summed E-state index contributed by atoms with van der Waals surface area (Å²) in [5.41, 5.74) is 2.13. The quantitative estimate of drug-likeness (QED) is 0.197. The van der Waals surface area contributed by atoms with E-state index < -0.39 is 30.2 Å². The van der Waals surface area contributed by atoms with Crippen LogP contribution in [0.2, 0.25) is 5.02 Å². The fraction of sp³-hybridized carbons (Fsp3) is 0.444. The van der Waals surface area contributed by atoms with Crippen molar-refractivity contribution in [2.45, 2.75) is 50.4 Å². The number of benzene rings is 1. The van der Waals surface area contributed by atoms with Gasteiger partial charge >= 0.3 is 13.9 Å². The van der Waals surface area contributed by atoms with E-state index in [4.69, 9.17) is 26.1 Å². The Balaban J connectivity index is 1.45. The number of halogens is 3. The second kappa shape index (κ2) is 12.0. The number of nitrogens with zero attached hydrogens (tertiary/aromatic N) is 2. The molecular weight excluding hydrogens is 615 g/mol. The largest absolute Gasteiger partial charge is 0.469 e. The molecule has 42 heavy (non-hydrogen) atoms. The third kappa shape index (κ3) is 7.05. The number of likely N-dealkylation sites (N-methyl/N-ethyl adjacent to an activating group) is 1. The molecule has 3 aromatic rings. The molecule has 1 aromatic carbocycles. The van der Waals surface area contributed by atoms with Crippen LogP contribution >= 0.6 is 19.4 Å². The molecule has 2 aromatic heterocycles. The van der Waals surface area contributed by atoms with Crippen molar-refractivity contribution >= 4 is 56.8 Å². The van der Waals surface area contributed by atoms with Crippen LogP contribution in [-0.2, 0) is 18.9 Å². The molecule has 0 aliphatic heterocycles. The molecule has 1 saturated carbocycles. The van der Waals surface area contributed by atoms with Gasteiger partial charge in [-0.05, 0) is 61.6 Å². The van der Waals surface area contributed by atoms with Gasteiger partial charge in [0.15, 0.2) is 15.6 Å². The number of H-pyrrole nitrogens is 1. The van der Waals surface area contributed by atoms with E-state index in [9.17, 15) is 13.0 Å². The number of aromatic nitrogens is 2. The van der Waals surface area contributed by atoms with E-state index in [0.29, 0.717) is 59.2 Å². The molecule has 228 valence electrons. The van der Waals surface area contributed by atoms with Crippen LogP contribution in [0.15, 0.2) is 41.5 Å². The minimum atomic E-state index is -4.65. The number of nitrogens with one attached hydrogen (secondary N) is 1. The number of sulfone groups is 1.